The molecule has 0 amide bonds. The maximum Gasteiger partial charge on any atom is 0.133 e. The van der Waals surface area contributed by atoms with Gasteiger partial charge in [-0.15, -0.1) is 0 Å². The van der Waals surface area contributed by atoms with E-state index < -0.39 is 0 Å². The van der Waals surface area contributed by atoms with Crippen molar-refractivity contribution >= 4 is 5.82 Å². The van der Waals surface area contributed by atoms with E-state index in [1.165, 1.54) is 11.6 Å². The Morgan fingerprint density at radius 3 is 2.71 bits per heavy atom. The van der Waals surface area contributed by atoms with E-state index in [2.05, 4.69) is 28.7 Å². The standard InChI is InChI=1S/C17H20FN3/c1-11(2)17-19-12(3)8-16(20-17)21-7-6-13-9-15(18)5-4-14(13)10-21/h4-5,8-9,11H,6-7,10H2,1-3H3. The van der Waals surface area contributed by atoms with Crippen molar-refractivity contribution in [2.75, 3.05) is 11.4 Å². The SMILES string of the molecule is Cc1cc(N2CCc3cc(F)ccc3C2)nc(C(C)C)n1. The molecule has 4 heteroatoms. The van der Waals surface area contributed by atoms with Crippen LogP contribution in [0.1, 0.15) is 42.4 Å². The maximum atomic E-state index is 13.3. The molecule has 1 aromatic carbocycles. The monoisotopic (exact) mass is 285 g/mol. The summed E-state index contributed by atoms with van der Waals surface area (Å²) in [6, 6.07) is 7.10. The van der Waals surface area contributed by atoms with Gasteiger partial charge in [-0.05, 0) is 36.6 Å². The Morgan fingerprint density at radius 2 is 1.95 bits per heavy atom. The molecule has 2 aromatic rings. The van der Waals surface area contributed by atoms with Gasteiger partial charge in [0.05, 0.1) is 0 Å². The molecular weight excluding hydrogens is 265 g/mol. The molecule has 0 aliphatic carbocycles. The van der Waals surface area contributed by atoms with Gasteiger partial charge in [0.1, 0.15) is 17.5 Å². The summed E-state index contributed by atoms with van der Waals surface area (Å²) < 4.78 is 13.3. The van der Waals surface area contributed by atoms with Gasteiger partial charge in [0, 0.05) is 30.8 Å². The molecule has 110 valence electrons. The molecule has 0 atom stereocenters. The fourth-order valence-electron chi connectivity index (χ4n) is 2.71. The lowest BCUT2D eigenvalue weighted by atomic mass is 9.99. The number of halogens is 1. The third-order valence-electron chi connectivity index (χ3n) is 3.88. The fraction of sp³-hybridized carbons (Fsp3) is 0.412. The number of anilines is 1. The van der Waals surface area contributed by atoms with Gasteiger partial charge >= 0.3 is 0 Å². The summed E-state index contributed by atoms with van der Waals surface area (Å²) in [5.41, 5.74) is 3.29. The van der Waals surface area contributed by atoms with Crippen molar-refractivity contribution in [1.82, 2.24) is 9.97 Å². The summed E-state index contributed by atoms with van der Waals surface area (Å²) in [5.74, 6) is 2.02. The first-order valence-corrected chi connectivity index (χ1v) is 7.41. The minimum absolute atomic E-state index is 0.151. The predicted octanol–water partition coefficient (Wildman–Crippen LogP) is 3.61. The third-order valence-corrected chi connectivity index (χ3v) is 3.88. The van der Waals surface area contributed by atoms with Crippen LogP contribution >= 0.6 is 0 Å². The normalized spacial score (nSPS) is 14.4. The van der Waals surface area contributed by atoms with Crippen molar-refractivity contribution in [1.29, 1.82) is 0 Å². The molecule has 0 bridgehead atoms. The first kappa shape index (κ1) is 14.0. The van der Waals surface area contributed by atoms with Crippen molar-refractivity contribution in [2.24, 2.45) is 0 Å². The summed E-state index contributed by atoms with van der Waals surface area (Å²) in [6.45, 7) is 7.86. The van der Waals surface area contributed by atoms with Crippen molar-refractivity contribution in [2.45, 2.75) is 39.7 Å². The van der Waals surface area contributed by atoms with Crippen molar-refractivity contribution in [3.8, 4) is 0 Å². The molecule has 21 heavy (non-hydrogen) atoms. The number of fused-ring (bicyclic) bond motifs is 1. The Balaban J connectivity index is 1.91. The zero-order valence-electron chi connectivity index (χ0n) is 12.7. The van der Waals surface area contributed by atoms with E-state index in [-0.39, 0.29) is 5.82 Å². The Bertz CT molecular complexity index is 667. The summed E-state index contributed by atoms with van der Waals surface area (Å²) in [4.78, 5) is 11.4. The van der Waals surface area contributed by atoms with E-state index in [1.807, 2.05) is 19.1 Å². The van der Waals surface area contributed by atoms with Gasteiger partial charge in [-0.1, -0.05) is 19.9 Å². The van der Waals surface area contributed by atoms with Gasteiger partial charge in [0.25, 0.3) is 0 Å². The van der Waals surface area contributed by atoms with Gasteiger partial charge < -0.3 is 4.90 Å². The maximum absolute atomic E-state index is 13.3. The van der Waals surface area contributed by atoms with Crippen LogP contribution in [0.5, 0.6) is 0 Å². The number of aryl methyl sites for hydroxylation is 1. The largest absolute Gasteiger partial charge is 0.352 e. The second kappa shape index (κ2) is 5.43. The quantitative estimate of drug-likeness (QED) is 0.844. The molecule has 0 saturated heterocycles. The predicted molar refractivity (Wildman–Crippen MR) is 82.0 cm³/mol. The number of benzene rings is 1. The van der Waals surface area contributed by atoms with Gasteiger partial charge in [-0.2, -0.15) is 0 Å². The van der Waals surface area contributed by atoms with Crippen LogP contribution in [-0.2, 0) is 13.0 Å². The minimum atomic E-state index is -0.151. The fourth-order valence-corrected chi connectivity index (χ4v) is 2.71. The Labute approximate surface area is 124 Å². The van der Waals surface area contributed by atoms with Crippen LogP contribution in [0.3, 0.4) is 0 Å². The highest BCUT2D eigenvalue weighted by Crippen LogP contribution is 2.25. The lowest BCUT2D eigenvalue weighted by molar-refractivity contribution is 0.618. The summed E-state index contributed by atoms with van der Waals surface area (Å²) in [6.07, 6.45) is 0.854. The van der Waals surface area contributed by atoms with Crippen LogP contribution in [0.25, 0.3) is 0 Å². The molecule has 0 N–H and O–H groups in total. The lowest BCUT2D eigenvalue weighted by Gasteiger charge is -2.30. The molecule has 0 saturated carbocycles. The highest BCUT2D eigenvalue weighted by molar-refractivity contribution is 5.45. The first-order chi connectivity index (χ1) is 10.0. The Hall–Kier alpha value is -1.97. The van der Waals surface area contributed by atoms with Gasteiger partial charge in [0.15, 0.2) is 0 Å². The molecule has 3 nitrogen and oxygen atoms in total. The Kier molecular flexibility index (Phi) is 3.62. The van der Waals surface area contributed by atoms with Crippen LogP contribution in [-0.4, -0.2) is 16.5 Å². The van der Waals surface area contributed by atoms with E-state index in [0.29, 0.717) is 5.92 Å². The smallest absolute Gasteiger partial charge is 0.133 e. The van der Waals surface area contributed by atoms with Crippen molar-refractivity contribution in [3.63, 3.8) is 0 Å². The van der Waals surface area contributed by atoms with E-state index in [4.69, 9.17) is 0 Å². The second-order valence-corrected chi connectivity index (χ2v) is 5.97. The average Bonchev–Trinajstić information content (AvgIpc) is 2.46. The van der Waals surface area contributed by atoms with E-state index >= 15 is 0 Å². The van der Waals surface area contributed by atoms with Crippen LogP contribution in [0.2, 0.25) is 0 Å². The van der Waals surface area contributed by atoms with Crippen molar-refractivity contribution < 1.29 is 4.39 Å². The molecular formula is C17H20FN3. The number of hydrogen-bond donors (Lipinski definition) is 0. The number of aromatic nitrogens is 2. The molecule has 1 aliphatic heterocycles. The minimum Gasteiger partial charge on any atom is -0.352 e. The topological polar surface area (TPSA) is 29.0 Å². The first-order valence-electron chi connectivity index (χ1n) is 7.41. The van der Waals surface area contributed by atoms with Gasteiger partial charge in [-0.25, -0.2) is 14.4 Å². The Morgan fingerprint density at radius 1 is 1.14 bits per heavy atom. The molecule has 2 heterocycles. The van der Waals surface area contributed by atoms with Crippen LogP contribution in [0.4, 0.5) is 10.2 Å². The molecule has 0 unspecified atom stereocenters. The average molecular weight is 285 g/mol. The number of rotatable bonds is 2. The zero-order chi connectivity index (χ0) is 15.0. The van der Waals surface area contributed by atoms with Crippen LogP contribution < -0.4 is 4.90 Å². The molecule has 1 aliphatic rings. The van der Waals surface area contributed by atoms with Gasteiger partial charge in [-0.3, -0.25) is 0 Å². The molecule has 0 radical (unpaired) electrons. The van der Waals surface area contributed by atoms with E-state index in [0.717, 1.165) is 42.4 Å². The van der Waals surface area contributed by atoms with Crippen LogP contribution in [0, 0.1) is 12.7 Å². The number of hydrogen-bond acceptors (Lipinski definition) is 3. The lowest BCUT2D eigenvalue weighted by Crippen LogP contribution is -2.31. The van der Waals surface area contributed by atoms with Crippen molar-refractivity contribution in [3.05, 3.63) is 52.7 Å². The third kappa shape index (κ3) is 2.89. The number of nitrogens with zero attached hydrogens (tertiary/aromatic N) is 3. The summed E-state index contributed by atoms with van der Waals surface area (Å²) in [5, 5.41) is 0. The highest BCUT2D eigenvalue weighted by Gasteiger charge is 2.19. The molecule has 0 fully saturated rings. The summed E-state index contributed by atoms with van der Waals surface area (Å²) >= 11 is 0. The van der Waals surface area contributed by atoms with Gasteiger partial charge in [0.2, 0.25) is 0 Å². The molecule has 3 rings (SSSR count). The van der Waals surface area contributed by atoms with Crippen LogP contribution in [0.15, 0.2) is 24.3 Å². The van der Waals surface area contributed by atoms with E-state index in [1.54, 1.807) is 6.07 Å². The zero-order valence-corrected chi connectivity index (χ0v) is 12.7. The highest BCUT2D eigenvalue weighted by atomic mass is 19.1. The summed E-state index contributed by atoms with van der Waals surface area (Å²) in [7, 11) is 0. The molecule has 0 spiro atoms. The second-order valence-electron chi connectivity index (χ2n) is 5.97. The molecule has 1 aromatic heterocycles. The van der Waals surface area contributed by atoms with E-state index in [9.17, 15) is 4.39 Å².